The summed E-state index contributed by atoms with van der Waals surface area (Å²) in [5.41, 5.74) is 1.15. The van der Waals surface area contributed by atoms with Crippen molar-refractivity contribution < 1.29 is 14.3 Å². The van der Waals surface area contributed by atoms with Crippen molar-refractivity contribution in [3.8, 4) is 0 Å². The van der Waals surface area contributed by atoms with Crippen LogP contribution in [0.1, 0.15) is 34.6 Å². The van der Waals surface area contributed by atoms with Gasteiger partial charge in [-0.1, -0.05) is 55.8 Å². The molecule has 1 unspecified atom stereocenters. The molecule has 2 aromatic carbocycles. The molecule has 0 saturated carbocycles. The first-order valence-electron chi connectivity index (χ1n) is 9.95. The summed E-state index contributed by atoms with van der Waals surface area (Å²) in [5, 5.41) is 0.446. The molecule has 1 heterocycles. The number of ether oxygens (including phenoxy) is 1. The number of hydrogen-bond donors (Lipinski definition) is 0. The van der Waals surface area contributed by atoms with Crippen LogP contribution in [-0.4, -0.2) is 60.5 Å². The normalized spacial score (nSPS) is 16.7. The number of nitrogens with zero attached hydrogens (tertiary/aromatic N) is 2. The van der Waals surface area contributed by atoms with Gasteiger partial charge in [-0.3, -0.25) is 9.59 Å². The van der Waals surface area contributed by atoms with Gasteiger partial charge >= 0.3 is 0 Å². The fourth-order valence-electron chi connectivity index (χ4n) is 3.51. The van der Waals surface area contributed by atoms with Gasteiger partial charge in [0.05, 0.1) is 23.3 Å². The topological polar surface area (TPSA) is 49.9 Å². The molecular weight excluding hydrogens is 388 g/mol. The van der Waals surface area contributed by atoms with Gasteiger partial charge < -0.3 is 14.5 Å². The first kappa shape index (κ1) is 21.3. The molecule has 2 aromatic rings. The highest BCUT2D eigenvalue weighted by atomic mass is 35.5. The Morgan fingerprint density at radius 1 is 1.14 bits per heavy atom. The lowest BCUT2D eigenvalue weighted by Crippen LogP contribution is -2.51. The lowest BCUT2D eigenvalue weighted by atomic mass is 10.1. The number of carbonyl (C=O) groups excluding carboxylic acids is 2. The summed E-state index contributed by atoms with van der Waals surface area (Å²) in [4.78, 5) is 29.5. The molecule has 0 bridgehead atoms. The minimum atomic E-state index is -0.235. The molecule has 29 heavy (non-hydrogen) atoms. The number of amides is 2. The second kappa shape index (κ2) is 9.90. The quantitative estimate of drug-likeness (QED) is 0.718. The van der Waals surface area contributed by atoms with Crippen molar-refractivity contribution in [1.82, 2.24) is 9.80 Å². The van der Waals surface area contributed by atoms with Crippen molar-refractivity contribution in [3.05, 3.63) is 70.7 Å². The summed E-state index contributed by atoms with van der Waals surface area (Å²) in [7, 11) is 0. The van der Waals surface area contributed by atoms with Gasteiger partial charge in [-0.2, -0.15) is 0 Å². The Labute approximate surface area is 177 Å². The summed E-state index contributed by atoms with van der Waals surface area (Å²) in [5.74, 6) is 0.207. The molecule has 1 fully saturated rings. The monoisotopic (exact) mass is 414 g/mol. The van der Waals surface area contributed by atoms with E-state index < -0.39 is 0 Å². The maximum absolute atomic E-state index is 13.0. The highest BCUT2D eigenvalue weighted by molar-refractivity contribution is 6.33. The smallest absolute Gasteiger partial charge is 0.255 e. The molecule has 1 aliphatic rings. The SMILES string of the molecule is CC(C)CN(CC1CN(C(=O)c2ccccc2Cl)CCO1)C(=O)c1ccccc1. The third kappa shape index (κ3) is 5.58. The molecule has 0 radical (unpaired) electrons. The average molecular weight is 415 g/mol. The van der Waals surface area contributed by atoms with Crippen LogP contribution >= 0.6 is 11.6 Å². The molecule has 0 spiro atoms. The summed E-state index contributed by atoms with van der Waals surface area (Å²) >= 11 is 6.19. The van der Waals surface area contributed by atoms with E-state index in [0.717, 1.165) is 0 Å². The number of morpholine rings is 1. The van der Waals surface area contributed by atoms with E-state index >= 15 is 0 Å². The van der Waals surface area contributed by atoms with Gasteiger partial charge in [0.1, 0.15) is 0 Å². The average Bonchev–Trinajstić information content (AvgIpc) is 2.73. The Bertz CT molecular complexity index is 841. The predicted molar refractivity (Wildman–Crippen MR) is 114 cm³/mol. The predicted octanol–water partition coefficient (Wildman–Crippen LogP) is 3.98. The van der Waals surface area contributed by atoms with Crippen LogP contribution in [0.15, 0.2) is 54.6 Å². The lowest BCUT2D eigenvalue weighted by Gasteiger charge is -2.36. The van der Waals surface area contributed by atoms with Crippen molar-refractivity contribution in [1.29, 1.82) is 0 Å². The van der Waals surface area contributed by atoms with E-state index in [9.17, 15) is 9.59 Å². The maximum Gasteiger partial charge on any atom is 0.255 e. The van der Waals surface area contributed by atoms with E-state index in [-0.39, 0.29) is 17.9 Å². The molecule has 154 valence electrons. The number of carbonyl (C=O) groups is 2. The van der Waals surface area contributed by atoms with Crippen LogP contribution in [0.2, 0.25) is 5.02 Å². The zero-order valence-electron chi connectivity index (χ0n) is 16.9. The number of benzene rings is 2. The second-order valence-electron chi connectivity index (χ2n) is 7.69. The fraction of sp³-hybridized carbons (Fsp3) is 0.391. The second-order valence-corrected chi connectivity index (χ2v) is 8.10. The van der Waals surface area contributed by atoms with Gasteiger partial charge in [-0.05, 0) is 30.2 Å². The summed E-state index contributed by atoms with van der Waals surface area (Å²) < 4.78 is 5.90. The Balaban J connectivity index is 1.70. The van der Waals surface area contributed by atoms with Crippen molar-refractivity contribution in [2.24, 2.45) is 5.92 Å². The molecule has 1 aliphatic heterocycles. The van der Waals surface area contributed by atoms with Crippen molar-refractivity contribution >= 4 is 23.4 Å². The lowest BCUT2D eigenvalue weighted by molar-refractivity contribution is -0.0340. The van der Waals surface area contributed by atoms with Gasteiger partial charge in [0, 0.05) is 31.7 Å². The molecular formula is C23H27ClN2O3. The van der Waals surface area contributed by atoms with Gasteiger partial charge in [0.25, 0.3) is 11.8 Å². The van der Waals surface area contributed by atoms with Gasteiger partial charge in [-0.15, -0.1) is 0 Å². The number of hydrogen-bond acceptors (Lipinski definition) is 3. The fourth-order valence-corrected chi connectivity index (χ4v) is 3.73. The van der Waals surface area contributed by atoms with E-state index in [1.165, 1.54) is 0 Å². The zero-order chi connectivity index (χ0) is 20.8. The minimum Gasteiger partial charge on any atom is -0.373 e. The van der Waals surface area contributed by atoms with Gasteiger partial charge in [0.15, 0.2) is 0 Å². The Kier molecular flexibility index (Phi) is 7.29. The van der Waals surface area contributed by atoms with E-state index in [1.54, 1.807) is 29.2 Å². The van der Waals surface area contributed by atoms with E-state index in [1.807, 2.05) is 35.2 Å². The highest BCUT2D eigenvalue weighted by Gasteiger charge is 2.29. The Morgan fingerprint density at radius 2 is 1.83 bits per heavy atom. The van der Waals surface area contributed by atoms with Crippen LogP contribution in [0, 0.1) is 5.92 Å². The number of rotatable bonds is 6. The largest absolute Gasteiger partial charge is 0.373 e. The summed E-state index contributed by atoms with van der Waals surface area (Å²) in [6.45, 7) is 6.62. The van der Waals surface area contributed by atoms with Gasteiger partial charge in [0.2, 0.25) is 0 Å². The molecule has 5 nitrogen and oxygen atoms in total. The first-order valence-corrected chi connectivity index (χ1v) is 10.3. The van der Waals surface area contributed by atoms with E-state index in [0.29, 0.717) is 54.9 Å². The van der Waals surface area contributed by atoms with Crippen LogP contribution in [-0.2, 0) is 4.74 Å². The first-order chi connectivity index (χ1) is 14.0. The zero-order valence-corrected chi connectivity index (χ0v) is 17.6. The Hall–Kier alpha value is -2.37. The molecule has 3 rings (SSSR count). The molecule has 0 N–H and O–H groups in total. The minimum absolute atomic E-state index is 0.0162. The molecule has 6 heteroatoms. The third-order valence-corrected chi connectivity index (χ3v) is 5.18. The Morgan fingerprint density at radius 3 is 2.52 bits per heavy atom. The third-order valence-electron chi connectivity index (χ3n) is 4.85. The maximum atomic E-state index is 13.0. The van der Waals surface area contributed by atoms with Gasteiger partial charge in [-0.25, -0.2) is 0 Å². The molecule has 2 amide bonds. The van der Waals surface area contributed by atoms with Crippen molar-refractivity contribution in [2.75, 3.05) is 32.8 Å². The van der Waals surface area contributed by atoms with Crippen LogP contribution in [0.25, 0.3) is 0 Å². The molecule has 1 atom stereocenters. The van der Waals surface area contributed by atoms with Crippen LogP contribution in [0.4, 0.5) is 0 Å². The number of halogens is 1. The van der Waals surface area contributed by atoms with Crippen LogP contribution in [0.3, 0.4) is 0 Å². The summed E-state index contributed by atoms with van der Waals surface area (Å²) in [6.07, 6.45) is -0.235. The summed E-state index contributed by atoms with van der Waals surface area (Å²) in [6, 6.07) is 16.3. The van der Waals surface area contributed by atoms with Crippen molar-refractivity contribution in [3.63, 3.8) is 0 Å². The van der Waals surface area contributed by atoms with Crippen LogP contribution in [0.5, 0.6) is 0 Å². The highest BCUT2D eigenvalue weighted by Crippen LogP contribution is 2.19. The van der Waals surface area contributed by atoms with Crippen LogP contribution < -0.4 is 0 Å². The van der Waals surface area contributed by atoms with E-state index in [4.69, 9.17) is 16.3 Å². The molecule has 0 aliphatic carbocycles. The standard InChI is InChI=1S/C23H27ClN2O3/c1-17(2)14-26(22(27)18-8-4-3-5-9-18)16-19-15-25(12-13-29-19)23(28)20-10-6-7-11-21(20)24/h3-11,17,19H,12-16H2,1-2H3. The van der Waals surface area contributed by atoms with Crippen molar-refractivity contribution in [2.45, 2.75) is 20.0 Å². The molecule has 0 aromatic heterocycles. The van der Waals surface area contributed by atoms with E-state index in [2.05, 4.69) is 13.8 Å². The molecule has 1 saturated heterocycles.